The van der Waals surface area contributed by atoms with Gasteiger partial charge in [0.2, 0.25) is 0 Å². The average molecular weight is 1650 g/mol. The lowest BCUT2D eigenvalue weighted by molar-refractivity contribution is 0.00578. The molecule has 0 unspecified atom stereocenters. The zero-order chi connectivity index (χ0) is 80.3. The maximum atomic E-state index is 6.16. The van der Waals surface area contributed by atoms with E-state index >= 15 is 0 Å². The van der Waals surface area contributed by atoms with Gasteiger partial charge >= 0.3 is 7.12 Å². The number of hydrogen-bond acceptors (Lipinski definition) is 4. The Morgan fingerprint density at radius 2 is 0.449 bits per heavy atom. The van der Waals surface area contributed by atoms with Crippen LogP contribution < -0.4 is 15.3 Å². The summed E-state index contributed by atoms with van der Waals surface area (Å²) in [6.45, 7) is 10.5. The summed E-state index contributed by atoms with van der Waals surface area (Å²) in [5.74, 6) is 0. The second kappa shape index (κ2) is 33.3. The third kappa shape index (κ3) is 16.1. The van der Waals surface area contributed by atoms with Crippen molar-refractivity contribution < 1.29 is 9.31 Å². The third-order valence-electron chi connectivity index (χ3n) is 23.2. The Labute approximate surface area is 707 Å². The van der Waals surface area contributed by atoms with Gasteiger partial charge in [0.05, 0.1) is 11.2 Å². The molecule has 0 radical (unpaired) electrons. The monoisotopic (exact) mass is 1650 g/mol. The van der Waals surface area contributed by atoms with Crippen LogP contribution in [0, 0.1) is 6.92 Å². The Morgan fingerprint density at radius 1 is 0.212 bits per heavy atom. The lowest BCUT2D eigenvalue weighted by atomic mass is 9.78. The van der Waals surface area contributed by atoms with Crippen LogP contribution >= 0.6 is 31.9 Å². The molecular formula is C111H85BBr2N2O2. The minimum Gasteiger partial charge on any atom is -0.399 e. The highest BCUT2D eigenvalue weighted by atomic mass is 79.9. The molecule has 7 heteroatoms. The highest BCUT2D eigenvalue weighted by molar-refractivity contribution is 9.10. The van der Waals surface area contributed by atoms with Gasteiger partial charge in [-0.1, -0.05) is 353 Å². The van der Waals surface area contributed by atoms with Gasteiger partial charge in [-0.2, -0.15) is 0 Å². The van der Waals surface area contributed by atoms with Crippen molar-refractivity contribution in [1.29, 1.82) is 0 Å². The third-order valence-corrected chi connectivity index (χ3v) is 24.3. The van der Waals surface area contributed by atoms with Crippen LogP contribution in [0.1, 0.15) is 33.3 Å². The Morgan fingerprint density at radius 3 is 0.788 bits per heavy atom. The van der Waals surface area contributed by atoms with E-state index in [1.54, 1.807) is 0 Å². The summed E-state index contributed by atoms with van der Waals surface area (Å²) < 4.78 is 14.5. The number of nitrogens with zero attached hydrogens (tertiary/aromatic N) is 2. The molecular weight excluding hydrogens is 1560 g/mol. The molecule has 4 nitrogen and oxygen atoms in total. The average Bonchev–Trinajstić information content (AvgIpc) is 1.72. The van der Waals surface area contributed by atoms with Crippen LogP contribution in [0.3, 0.4) is 0 Å². The van der Waals surface area contributed by atoms with Crippen molar-refractivity contribution in [2.45, 2.75) is 45.8 Å². The summed E-state index contributed by atoms with van der Waals surface area (Å²) in [6.07, 6.45) is 0. The minimum atomic E-state index is -0.310. The first-order valence-corrected chi connectivity index (χ1v) is 41.9. The molecule has 0 bridgehead atoms. The Balaban J connectivity index is 0.000000122. The fourth-order valence-electron chi connectivity index (χ4n) is 16.2. The van der Waals surface area contributed by atoms with Crippen molar-refractivity contribution in [3.8, 4) is 44.5 Å². The SMILES string of the molecule is Brc1ccc(N(c2ccc(Br)cc2)c2ccc(-c3ccccc3)cc2)cc1.CC1(C)OB(c2ccc3c(ccc4ccccc43)c2)OC1(C)C.Cc1ccc2c(ccc3ccccc32)c1.c1ccc(-c2ccc(N(c3ccc(-c4ccc5c(ccc6ccccc65)c4)cc3)c3ccc(-c4ccc5c(ccc6ccccc65)c4)cc3)cc2)cc1. The molecule has 118 heavy (non-hydrogen) atoms. The van der Waals surface area contributed by atoms with Crippen molar-refractivity contribution in [1.82, 2.24) is 0 Å². The number of hydrogen-bond donors (Lipinski definition) is 0. The van der Waals surface area contributed by atoms with E-state index in [2.05, 4.69) is 495 Å². The molecule has 20 aromatic carbocycles. The Kier molecular flexibility index (Phi) is 21.6. The number of anilines is 6. The molecule has 21 rings (SSSR count). The molecule has 1 aliphatic rings. The number of rotatable bonds is 11. The van der Waals surface area contributed by atoms with Gasteiger partial charge in [0.25, 0.3) is 0 Å². The van der Waals surface area contributed by atoms with Crippen LogP contribution in [0.2, 0.25) is 0 Å². The first-order valence-electron chi connectivity index (χ1n) is 40.3. The van der Waals surface area contributed by atoms with Crippen LogP contribution in [-0.4, -0.2) is 18.3 Å². The molecule has 1 heterocycles. The predicted molar refractivity (Wildman–Crippen MR) is 513 cm³/mol. The number of aryl methyl sites for hydroxylation is 1. The van der Waals surface area contributed by atoms with Gasteiger partial charge in [0.1, 0.15) is 0 Å². The van der Waals surface area contributed by atoms with Crippen molar-refractivity contribution in [2.24, 2.45) is 0 Å². The zero-order valence-electron chi connectivity index (χ0n) is 66.5. The molecule has 1 fully saturated rings. The molecule has 20 aromatic rings. The minimum absolute atomic E-state index is 0.309. The van der Waals surface area contributed by atoms with Gasteiger partial charge < -0.3 is 19.1 Å². The molecule has 0 atom stereocenters. The summed E-state index contributed by atoms with van der Waals surface area (Å²) >= 11 is 7.05. The number of fused-ring (bicyclic) bond motifs is 12. The predicted octanol–water partition coefficient (Wildman–Crippen LogP) is 31.7. The van der Waals surface area contributed by atoms with E-state index < -0.39 is 0 Å². The van der Waals surface area contributed by atoms with E-state index in [0.29, 0.717) is 0 Å². The van der Waals surface area contributed by atoms with Crippen molar-refractivity contribution in [2.75, 3.05) is 9.80 Å². The fraction of sp³-hybridized carbons (Fsp3) is 0.0631. The topological polar surface area (TPSA) is 24.9 Å². The molecule has 0 spiro atoms. The van der Waals surface area contributed by atoms with E-state index in [9.17, 15) is 0 Å². The van der Waals surface area contributed by atoms with Gasteiger partial charge in [-0.15, -0.1) is 0 Å². The highest BCUT2D eigenvalue weighted by Gasteiger charge is 2.51. The van der Waals surface area contributed by atoms with E-state index in [4.69, 9.17) is 9.31 Å². The summed E-state index contributed by atoms with van der Waals surface area (Å²) in [6, 6.07) is 152. The zero-order valence-corrected chi connectivity index (χ0v) is 69.6. The standard InChI is InChI=1S/C52H35N.C24H17Br2N.C20H21BO2.C15H12/c1-2-8-36(9-3-1)37-18-26-46(27-19-37)53(47-28-20-38(21-29-47)42-24-32-51-44(34-42)16-14-40-10-4-6-12-49(40)51)48-30-22-39(23-31-48)43-25-33-52-45(35-43)17-15-41-11-5-7-13-50(41)52;25-20-8-14-23(15-9-20)27(24-16-10-21(26)11-17-24)22-12-6-19(7-13-22)18-4-2-1-3-5-18;1-19(2)20(3,4)23-21(22-19)16-11-12-18-15(13-16)10-9-14-7-5-6-8-17(14)18;1-11-6-9-15-13(10-11)8-7-12-4-2-3-5-14(12)15/h1-35H;1-17H;5-13H,1-4H3;2-10H,1H3. The van der Waals surface area contributed by atoms with Crippen molar-refractivity contribution in [3.63, 3.8) is 0 Å². The van der Waals surface area contributed by atoms with Crippen LogP contribution in [-0.2, 0) is 9.31 Å². The van der Waals surface area contributed by atoms with Gasteiger partial charge in [-0.3, -0.25) is 0 Å². The molecule has 1 saturated heterocycles. The largest absolute Gasteiger partial charge is 0.494 e. The van der Waals surface area contributed by atoms with Crippen LogP contribution in [0.4, 0.5) is 34.1 Å². The molecule has 1 aliphatic heterocycles. The molecule has 0 amide bonds. The Bertz CT molecular complexity index is 6780. The van der Waals surface area contributed by atoms with Crippen LogP contribution in [0.15, 0.2) is 434 Å². The summed E-state index contributed by atoms with van der Waals surface area (Å²) in [5, 5.41) is 20.6. The van der Waals surface area contributed by atoms with Gasteiger partial charge in [-0.05, 0) is 280 Å². The summed E-state index contributed by atoms with van der Waals surface area (Å²) in [7, 11) is -0.309. The van der Waals surface area contributed by atoms with Crippen molar-refractivity contribution in [3.05, 3.63) is 439 Å². The Hall–Kier alpha value is -13.0. The van der Waals surface area contributed by atoms with Crippen LogP contribution in [0.5, 0.6) is 0 Å². The van der Waals surface area contributed by atoms with Crippen molar-refractivity contribution >= 4 is 165 Å². The van der Waals surface area contributed by atoms with E-state index in [1.165, 1.54) is 136 Å². The molecule has 568 valence electrons. The van der Waals surface area contributed by atoms with Gasteiger partial charge in [-0.25, -0.2) is 0 Å². The van der Waals surface area contributed by atoms with Crippen LogP contribution in [0.25, 0.3) is 131 Å². The summed E-state index contributed by atoms with van der Waals surface area (Å²) in [5.41, 5.74) is 18.1. The molecule has 0 aromatic heterocycles. The lowest BCUT2D eigenvalue weighted by Crippen LogP contribution is -2.41. The maximum absolute atomic E-state index is 6.16. The van der Waals surface area contributed by atoms with Gasteiger partial charge in [0, 0.05) is 43.1 Å². The molecule has 0 N–H and O–H groups in total. The second-order valence-electron chi connectivity index (χ2n) is 31.4. The van der Waals surface area contributed by atoms with E-state index in [1.807, 2.05) is 6.07 Å². The lowest BCUT2D eigenvalue weighted by Gasteiger charge is -2.32. The number of halogens is 2. The first kappa shape index (κ1) is 76.3. The molecule has 0 aliphatic carbocycles. The normalized spacial score (nSPS) is 12.8. The maximum Gasteiger partial charge on any atom is 0.494 e. The van der Waals surface area contributed by atoms with Gasteiger partial charge in [0.15, 0.2) is 0 Å². The smallest absolute Gasteiger partial charge is 0.399 e. The number of benzene rings is 20. The quantitative estimate of drug-likeness (QED) is 0.0952. The van der Waals surface area contributed by atoms with E-state index in [-0.39, 0.29) is 18.3 Å². The molecule has 0 saturated carbocycles. The summed E-state index contributed by atoms with van der Waals surface area (Å²) in [4.78, 5) is 4.61. The first-order chi connectivity index (χ1) is 57.7. The fourth-order valence-corrected chi connectivity index (χ4v) is 16.8. The second-order valence-corrected chi connectivity index (χ2v) is 33.2. The highest BCUT2D eigenvalue weighted by Crippen LogP contribution is 2.43. The van der Waals surface area contributed by atoms with E-state index in [0.717, 1.165) is 48.5 Å².